The molecule has 3 atom stereocenters. The Morgan fingerprint density at radius 3 is 2.49 bits per heavy atom. The smallest absolute Gasteiger partial charge is 0.232 e. The van der Waals surface area contributed by atoms with Crippen molar-refractivity contribution < 1.29 is 17.9 Å². The Bertz CT molecular complexity index is 1440. The lowest BCUT2D eigenvalue weighted by Crippen LogP contribution is -2.42. The average molecular weight is 491 g/mol. The van der Waals surface area contributed by atoms with E-state index in [4.69, 9.17) is 0 Å². The van der Waals surface area contributed by atoms with Gasteiger partial charge in [0, 0.05) is 29.6 Å². The van der Waals surface area contributed by atoms with Crippen LogP contribution in [0.2, 0.25) is 0 Å². The summed E-state index contributed by atoms with van der Waals surface area (Å²) in [7, 11) is 0. The number of pyridine rings is 1. The molecule has 0 radical (unpaired) electrons. The number of imidazole rings is 1. The van der Waals surface area contributed by atoms with Crippen molar-refractivity contribution >= 4 is 28.4 Å². The van der Waals surface area contributed by atoms with Crippen LogP contribution in [0.25, 0.3) is 16.8 Å². The number of anilines is 1. The van der Waals surface area contributed by atoms with Gasteiger partial charge in [0.05, 0.1) is 22.9 Å². The van der Waals surface area contributed by atoms with Crippen LogP contribution in [0.3, 0.4) is 0 Å². The maximum absolute atomic E-state index is 13.4. The molecule has 1 aliphatic carbocycles. The Balaban J connectivity index is 1.41. The molecule has 1 unspecified atom stereocenters. The molecule has 1 saturated heterocycles. The lowest BCUT2D eigenvalue weighted by Gasteiger charge is -2.33. The van der Waals surface area contributed by atoms with Gasteiger partial charge >= 0.3 is 0 Å². The second kappa shape index (κ2) is 8.37. The molecule has 2 aromatic carbocycles. The summed E-state index contributed by atoms with van der Waals surface area (Å²) in [5, 5.41) is 0. The van der Waals surface area contributed by atoms with Gasteiger partial charge in [0.15, 0.2) is 0 Å². The number of rotatable bonds is 6. The second-order valence-electron chi connectivity index (χ2n) is 9.22. The van der Waals surface area contributed by atoms with Crippen molar-refractivity contribution in [3.63, 3.8) is 0 Å². The minimum Gasteiger partial charge on any atom is -0.304 e. The number of fused-ring (bicyclic) bond motifs is 1. The van der Waals surface area contributed by atoms with Crippen LogP contribution in [0.5, 0.6) is 0 Å². The quantitative estimate of drug-likeness (QED) is 0.390. The molecule has 2 aromatic heterocycles. The van der Waals surface area contributed by atoms with Gasteiger partial charge in [-0.1, -0.05) is 30.3 Å². The number of nitrogens with one attached hydrogen (secondary N) is 1. The summed E-state index contributed by atoms with van der Waals surface area (Å²) < 4.78 is 39.3. The summed E-state index contributed by atoms with van der Waals surface area (Å²) >= 11 is -2.16. The molecular formula is C26H23FN4O3S. The van der Waals surface area contributed by atoms with E-state index in [-0.39, 0.29) is 30.1 Å². The maximum Gasteiger partial charge on any atom is 0.232 e. The summed E-state index contributed by atoms with van der Waals surface area (Å²) in [5.74, 6) is -0.484. The molecule has 1 amide bonds. The summed E-state index contributed by atoms with van der Waals surface area (Å²) in [4.78, 5) is 19.7. The van der Waals surface area contributed by atoms with Crippen LogP contribution in [0.4, 0.5) is 10.1 Å². The van der Waals surface area contributed by atoms with Crippen molar-refractivity contribution in [2.75, 3.05) is 4.90 Å². The predicted molar refractivity (Wildman–Crippen MR) is 131 cm³/mol. The molecule has 2 N–H and O–H groups in total. The zero-order valence-corrected chi connectivity index (χ0v) is 19.5. The number of benzene rings is 2. The third-order valence-corrected chi connectivity index (χ3v) is 7.74. The van der Waals surface area contributed by atoms with Crippen LogP contribution in [-0.2, 0) is 16.1 Å². The number of aromatic nitrogens is 2. The van der Waals surface area contributed by atoms with E-state index in [1.165, 1.54) is 12.1 Å². The van der Waals surface area contributed by atoms with Crippen LogP contribution < -0.4 is 9.62 Å². The van der Waals surface area contributed by atoms with Crippen molar-refractivity contribution in [2.24, 2.45) is 5.92 Å². The van der Waals surface area contributed by atoms with Crippen molar-refractivity contribution in [3.05, 3.63) is 90.6 Å². The van der Waals surface area contributed by atoms with E-state index < -0.39 is 16.8 Å². The number of amides is 1. The molecule has 6 rings (SSSR count). The van der Waals surface area contributed by atoms with E-state index in [0.29, 0.717) is 0 Å². The number of hydrogen-bond donors (Lipinski definition) is 2. The van der Waals surface area contributed by atoms with Crippen LogP contribution in [0, 0.1) is 11.7 Å². The highest BCUT2D eigenvalue weighted by atomic mass is 32.2. The molecular weight excluding hydrogens is 467 g/mol. The molecule has 2 fully saturated rings. The largest absolute Gasteiger partial charge is 0.304 e. The summed E-state index contributed by atoms with van der Waals surface area (Å²) in [6, 6.07) is 19.5. The van der Waals surface area contributed by atoms with E-state index in [1.807, 2.05) is 53.1 Å². The highest BCUT2D eigenvalue weighted by Crippen LogP contribution is 2.55. The fraction of sp³-hybridized carbons (Fsp3) is 0.231. The van der Waals surface area contributed by atoms with Gasteiger partial charge in [-0.2, -0.15) is 0 Å². The second-order valence-corrected chi connectivity index (χ2v) is 9.92. The first-order valence-corrected chi connectivity index (χ1v) is 12.5. The maximum atomic E-state index is 13.4. The average Bonchev–Trinajstić information content (AvgIpc) is 3.35. The number of nitrogens with zero attached hydrogens (tertiary/aromatic N) is 3. The molecule has 35 heavy (non-hydrogen) atoms. The van der Waals surface area contributed by atoms with E-state index in [0.717, 1.165) is 40.9 Å². The third kappa shape index (κ3) is 3.85. The first-order valence-electron chi connectivity index (χ1n) is 11.4. The molecule has 1 aliphatic heterocycles. The number of halogens is 1. The molecule has 9 heteroatoms. The Hall–Kier alpha value is -3.40. The SMILES string of the molecule is O=C1C[C@H](C2(NS(=O)O)CC2)[C@H](c2ccccc2)N1c1ccc2c(-c3ccc(F)cc3)ncn2c1. The first-order chi connectivity index (χ1) is 16.9. The molecule has 7 nitrogen and oxygen atoms in total. The molecule has 1 saturated carbocycles. The Labute approximate surface area is 204 Å². The summed E-state index contributed by atoms with van der Waals surface area (Å²) in [5.41, 5.74) is 3.55. The highest BCUT2D eigenvalue weighted by molar-refractivity contribution is 7.77. The van der Waals surface area contributed by atoms with Gasteiger partial charge in [0.25, 0.3) is 0 Å². The van der Waals surface area contributed by atoms with Gasteiger partial charge in [-0.25, -0.2) is 18.3 Å². The zero-order valence-electron chi connectivity index (χ0n) is 18.7. The third-order valence-electron chi connectivity index (χ3n) is 7.16. The zero-order chi connectivity index (χ0) is 24.2. The summed E-state index contributed by atoms with van der Waals surface area (Å²) in [6.07, 6.45) is 5.34. The first kappa shape index (κ1) is 22.1. The van der Waals surface area contributed by atoms with Gasteiger partial charge in [0.2, 0.25) is 17.2 Å². The van der Waals surface area contributed by atoms with Gasteiger partial charge in [-0.3, -0.25) is 9.35 Å². The molecule has 0 spiro atoms. The van der Waals surface area contributed by atoms with Crippen LogP contribution in [-0.4, -0.2) is 29.6 Å². The van der Waals surface area contributed by atoms with Crippen LogP contribution in [0.15, 0.2) is 79.3 Å². The van der Waals surface area contributed by atoms with Gasteiger partial charge in [-0.15, -0.1) is 0 Å². The van der Waals surface area contributed by atoms with E-state index in [2.05, 4.69) is 9.71 Å². The molecule has 4 aromatic rings. The van der Waals surface area contributed by atoms with E-state index in [9.17, 15) is 17.9 Å². The topological polar surface area (TPSA) is 86.9 Å². The summed E-state index contributed by atoms with van der Waals surface area (Å²) in [6.45, 7) is 0. The van der Waals surface area contributed by atoms with Gasteiger partial charge in [0.1, 0.15) is 12.1 Å². The van der Waals surface area contributed by atoms with Gasteiger partial charge < -0.3 is 9.30 Å². The van der Waals surface area contributed by atoms with Crippen molar-refractivity contribution in [1.82, 2.24) is 14.1 Å². The molecule has 2 aliphatic rings. The van der Waals surface area contributed by atoms with Crippen LogP contribution >= 0.6 is 0 Å². The van der Waals surface area contributed by atoms with E-state index >= 15 is 0 Å². The number of carbonyl (C=O) groups is 1. The van der Waals surface area contributed by atoms with Crippen molar-refractivity contribution in [1.29, 1.82) is 0 Å². The molecule has 0 bridgehead atoms. The monoisotopic (exact) mass is 490 g/mol. The fourth-order valence-corrected chi connectivity index (χ4v) is 6.09. The lowest BCUT2D eigenvalue weighted by molar-refractivity contribution is -0.117. The lowest BCUT2D eigenvalue weighted by atomic mass is 9.86. The standard InChI is InChI=1S/C26H23FN4O3S/c27-19-8-6-17(7-9-19)24-22-11-10-20(15-30(22)16-28-24)31-23(32)14-21(26(12-13-26)29-35(33)34)25(31)18-4-2-1-3-5-18/h1-11,15-16,21,25,29H,12-14H2,(H,33,34)/t21-,25-/m0/s1. The van der Waals surface area contributed by atoms with Gasteiger partial charge in [-0.05, 0) is 54.8 Å². The van der Waals surface area contributed by atoms with Crippen molar-refractivity contribution in [2.45, 2.75) is 30.8 Å². The highest BCUT2D eigenvalue weighted by Gasteiger charge is 2.58. The minimum atomic E-state index is -2.16. The Morgan fingerprint density at radius 1 is 1.06 bits per heavy atom. The predicted octanol–water partition coefficient (Wildman–Crippen LogP) is 4.49. The minimum absolute atomic E-state index is 0.0288. The Kier molecular flexibility index (Phi) is 5.28. The Morgan fingerprint density at radius 2 is 1.80 bits per heavy atom. The van der Waals surface area contributed by atoms with Crippen LogP contribution in [0.1, 0.15) is 30.9 Å². The fourth-order valence-electron chi connectivity index (χ4n) is 5.38. The van der Waals surface area contributed by atoms with Crippen molar-refractivity contribution in [3.8, 4) is 11.3 Å². The number of hydrogen-bond acceptors (Lipinski definition) is 3. The van der Waals surface area contributed by atoms with E-state index in [1.54, 1.807) is 23.4 Å². The number of carbonyl (C=O) groups excluding carboxylic acids is 1. The molecule has 3 heterocycles. The normalized spacial score (nSPS) is 22.0. The molecule has 178 valence electrons.